The average molecular weight is 360 g/mol. The van der Waals surface area contributed by atoms with E-state index in [4.69, 9.17) is 23.2 Å². The first kappa shape index (κ1) is 16.9. The summed E-state index contributed by atoms with van der Waals surface area (Å²) in [6.07, 6.45) is 0.524. The molecule has 0 saturated carbocycles. The number of aromatic hydroxyl groups is 1. The number of rotatable bonds is 4. The second-order valence-electron chi connectivity index (χ2n) is 4.82. The number of hydrogen-bond acceptors (Lipinski definition) is 3. The van der Waals surface area contributed by atoms with Crippen molar-refractivity contribution >= 4 is 38.9 Å². The number of aryl methyl sites for hydroxylation is 1. The van der Waals surface area contributed by atoms with Gasteiger partial charge < -0.3 is 5.11 Å². The van der Waals surface area contributed by atoms with Crippen molar-refractivity contribution in [2.45, 2.75) is 25.2 Å². The Labute approximate surface area is 139 Å². The minimum atomic E-state index is -3.83. The standard InChI is InChI=1S/C15H15Cl2NO3S/c1-3-11-12(16)8-13(15(19)14(11)17)18-22(20,21)10-6-4-9(2)5-7-10/h4-8,18-19H,3H2,1-2H3. The zero-order valence-corrected chi connectivity index (χ0v) is 14.4. The van der Waals surface area contributed by atoms with Crippen LogP contribution in [0.1, 0.15) is 18.1 Å². The van der Waals surface area contributed by atoms with Gasteiger partial charge in [0.25, 0.3) is 10.0 Å². The Hall–Kier alpha value is -1.43. The van der Waals surface area contributed by atoms with Crippen LogP contribution in [0.15, 0.2) is 35.2 Å². The van der Waals surface area contributed by atoms with Gasteiger partial charge in [0.15, 0.2) is 5.75 Å². The Balaban J connectivity index is 2.44. The summed E-state index contributed by atoms with van der Waals surface area (Å²) < 4.78 is 27.0. The van der Waals surface area contributed by atoms with E-state index in [9.17, 15) is 13.5 Å². The van der Waals surface area contributed by atoms with Gasteiger partial charge in [-0.3, -0.25) is 4.72 Å². The predicted molar refractivity (Wildman–Crippen MR) is 89.5 cm³/mol. The Morgan fingerprint density at radius 3 is 2.32 bits per heavy atom. The summed E-state index contributed by atoms with van der Waals surface area (Å²) in [5, 5.41) is 10.4. The molecule has 2 rings (SSSR count). The monoisotopic (exact) mass is 359 g/mol. The molecule has 0 fully saturated rings. The van der Waals surface area contributed by atoms with Gasteiger partial charge in [-0.2, -0.15) is 0 Å². The summed E-state index contributed by atoms with van der Waals surface area (Å²) in [6, 6.07) is 7.70. The number of phenols is 1. The summed E-state index contributed by atoms with van der Waals surface area (Å²) in [5.74, 6) is -0.335. The van der Waals surface area contributed by atoms with Gasteiger partial charge in [0.05, 0.1) is 15.6 Å². The third kappa shape index (κ3) is 3.32. The lowest BCUT2D eigenvalue weighted by Crippen LogP contribution is -2.13. The van der Waals surface area contributed by atoms with Crippen molar-refractivity contribution in [3.63, 3.8) is 0 Å². The first-order valence-electron chi connectivity index (χ1n) is 6.55. The minimum Gasteiger partial charge on any atom is -0.504 e. The molecule has 0 aromatic heterocycles. The lowest BCUT2D eigenvalue weighted by molar-refractivity contribution is 0.477. The van der Waals surface area contributed by atoms with E-state index in [1.54, 1.807) is 12.1 Å². The second kappa shape index (κ2) is 6.36. The average Bonchev–Trinajstić information content (AvgIpc) is 2.45. The molecule has 0 bridgehead atoms. The molecule has 0 atom stereocenters. The molecule has 0 radical (unpaired) electrons. The van der Waals surface area contributed by atoms with E-state index in [-0.39, 0.29) is 21.4 Å². The lowest BCUT2D eigenvalue weighted by atomic mass is 10.1. The SMILES string of the molecule is CCc1c(Cl)cc(NS(=O)(=O)c2ccc(C)cc2)c(O)c1Cl. The van der Waals surface area contributed by atoms with Gasteiger partial charge in [0.1, 0.15) is 0 Å². The molecule has 0 spiro atoms. The fraction of sp³-hybridized carbons (Fsp3) is 0.200. The van der Waals surface area contributed by atoms with Crippen molar-refractivity contribution in [2.24, 2.45) is 0 Å². The molecule has 4 nitrogen and oxygen atoms in total. The molecule has 0 aliphatic carbocycles. The van der Waals surface area contributed by atoms with Gasteiger partial charge in [-0.05, 0) is 37.1 Å². The fourth-order valence-corrected chi connectivity index (χ4v) is 3.75. The molecular formula is C15H15Cl2NO3S. The fourth-order valence-electron chi connectivity index (χ4n) is 1.97. The second-order valence-corrected chi connectivity index (χ2v) is 7.29. The van der Waals surface area contributed by atoms with Crippen LogP contribution in [0, 0.1) is 6.92 Å². The third-order valence-corrected chi connectivity index (χ3v) is 5.34. The van der Waals surface area contributed by atoms with Gasteiger partial charge in [0.2, 0.25) is 0 Å². The maximum absolute atomic E-state index is 12.3. The van der Waals surface area contributed by atoms with Crippen LogP contribution in [0.4, 0.5) is 5.69 Å². The maximum Gasteiger partial charge on any atom is 0.262 e. The molecular weight excluding hydrogens is 345 g/mol. The normalized spacial score (nSPS) is 11.5. The van der Waals surface area contributed by atoms with E-state index in [0.717, 1.165) is 5.56 Å². The van der Waals surface area contributed by atoms with Crippen LogP contribution in [0.3, 0.4) is 0 Å². The van der Waals surface area contributed by atoms with E-state index in [1.807, 2.05) is 13.8 Å². The molecule has 0 amide bonds. The highest BCUT2D eigenvalue weighted by Gasteiger charge is 2.20. The highest BCUT2D eigenvalue weighted by atomic mass is 35.5. The summed E-state index contributed by atoms with van der Waals surface area (Å²) in [4.78, 5) is 0.0873. The van der Waals surface area contributed by atoms with E-state index in [1.165, 1.54) is 18.2 Å². The number of benzene rings is 2. The number of phenolic OH excluding ortho intramolecular Hbond substituents is 1. The quantitative estimate of drug-likeness (QED) is 0.796. The highest BCUT2D eigenvalue weighted by Crippen LogP contribution is 2.40. The summed E-state index contributed by atoms with van der Waals surface area (Å²) >= 11 is 12.1. The van der Waals surface area contributed by atoms with Gasteiger partial charge in [-0.1, -0.05) is 47.8 Å². The first-order valence-corrected chi connectivity index (χ1v) is 8.79. The zero-order chi connectivity index (χ0) is 16.5. The molecule has 7 heteroatoms. The number of anilines is 1. The van der Waals surface area contributed by atoms with Crippen LogP contribution in [-0.2, 0) is 16.4 Å². The molecule has 0 aliphatic rings. The van der Waals surface area contributed by atoms with Gasteiger partial charge in [0, 0.05) is 5.02 Å². The van der Waals surface area contributed by atoms with Crippen molar-refractivity contribution in [2.75, 3.05) is 4.72 Å². The largest absolute Gasteiger partial charge is 0.504 e. The molecule has 2 aromatic carbocycles. The van der Waals surface area contributed by atoms with Gasteiger partial charge in [-0.15, -0.1) is 0 Å². The smallest absolute Gasteiger partial charge is 0.262 e. The molecule has 0 aliphatic heterocycles. The highest BCUT2D eigenvalue weighted by molar-refractivity contribution is 7.92. The van der Waals surface area contributed by atoms with E-state index >= 15 is 0 Å². The van der Waals surface area contributed by atoms with Gasteiger partial charge in [-0.25, -0.2) is 8.42 Å². The van der Waals surface area contributed by atoms with Crippen molar-refractivity contribution in [3.05, 3.63) is 51.5 Å². The van der Waals surface area contributed by atoms with Crippen LogP contribution in [0.25, 0.3) is 0 Å². The number of hydrogen-bond donors (Lipinski definition) is 2. The lowest BCUT2D eigenvalue weighted by Gasteiger charge is -2.14. The zero-order valence-electron chi connectivity index (χ0n) is 12.0. The van der Waals surface area contributed by atoms with Gasteiger partial charge >= 0.3 is 0 Å². The predicted octanol–water partition coefficient (Wildman–Crippen LogP) is 4.37. The number of nitrogens with one attached hydrogen (secondary N) is 1. The van der Waals surface area contributed by atoms with E-state index in [2.05, 4.69) is 4.72 Å². The van der Waals surface area contributed by atoms with E-state index < -0.39 is 10.0 Å². The van der Waals surface area contributed by atoms with Crippen LogP contribution in [0.5, 0.6) is 5.75 Å². The summed E-state index contributed by atoms with van der Waals surface area (Å²) in [7, 11) is -3.83. The molecule has 118 valence electrons. The third-order valence-electron chi connectivity index (χ3n) is 3.22. The van der Waals surface area contributed by atoms with Crippen LogP contribution in [-0.4, -0.2) is 13.5 Å². The number of halogens is 2. The molecule has 0 unspecified atom stereocenters. The van der Waals surface area contributed by atoms with Crippen molar-refractivity contribution in [1.82, 2.24) is 0 Å². The van der Waals surface area contributed by atoms with Crippen molar-refractivity contribution in [3.8, 4) is 5.75 Å². The summed E-state index contributed by atoms with van der Waals surface area (Å²) in [5.41, 5.74) is 1.46. The molecule has 22 heavy (non-hydrogen) atoms. The first-order chi connectivity index (χ1) is 10.3. The molecule has 0 saturated heterocycles. The Morgan fingerprint density at radius 1 is 1.18 bits per heavy atom. The Bertz CT molecular complexity index is 803. The minimum absolute atomic E-state index is 0.0484. The van der Waals surface area contributed by atoms with Crippen LogP contribution in [0.2, 0.25) is 10.0 Å². The topological polar surface area (TPSA) is 66.4 Å². The van der Waals surface area contributed by atoms with Crippen LogP contribution < -0.4 is 4.72 Å². The summed E-state index contributed by atoms with van der Waals surface area (Å²) in [6.45, 7) is 3.70. The maximum atomic E-state index is 12.3. The van der Waals surface area contributed by atoms with E-state index in [0.29, 0.717) is 17.0 Å². The Morgan fingerprint density at radius 2 is 1.77 bits per heavy atom. The Kier molecular flexibility index (Phi) is 4.90. The van der Waals surface area contributed by atoms with Crippen LogP contribution >= 0.6 is 23.2 Å². The molecule has 2 N–H and O–H groups in total. The van der Waals surface area contributed by atoms with Crippen molar-refractivity contribution in [1.29, 1.82) is 0 Å². The molecule has 0 heterocycles. The number of sulfonamides is 1. The van der Waals surface area contributed by atoms with Crippen molar-refractivity contribution < 1.29 is 13.5 Å². The molecule has 2 aromatic rings.